The average molecular weight is 522 g/mol. The first-order chi connectivity index (χ1) is 19.6. The van der Waals surface area contributed by atoms with Crippen LogP contribution < -0.4 is 11.2 Å². The number of allylic oxidation sites excluding steroid dienone is 3. The lowest BCUT2D eigenvalue weighted by molar-refractivity contribution is 0.426. The summed E-state index contributed by atoms with van der Waals surface area (Å²) in [5, 5.41) is 21.0. The van der Waals surface area contributed by atoms with Crippen molar-refractivity contribution in [1.29, 1.82) is 0 Å². The molecule has 4 aromatic carbocycles. The van der Waals surface area contributed by atoms with Gasteiger partial charge in [-0.3, -0.25) is 4.98 Å². The molecule has 194 valence electrons. The van der Waals surface area contributed by atoms with Crippen molar-refractivity contribution < 1.29 is 14.5 Å². The van der Waals surface area contributed by atoms with Crippen LogP contribution in [0, 0.1) is 0 Å². The Balaban J connectivity index is 1.33. The molecule has 5 nitrogen and oxygen atoms in total. The van der Waals surface area contributed by atoms with E-state index in [2.05, 4.69) is 59.6 Å². The van der Waals surface area contributed by atoms with Crippen LogP contribution >= 0.6 is 0 Å². The topological polar surface area (TPSA) is 92.5 Å². The highest BCUT2D eigenvalue weighted by atomic mass is 16.4. The van der Waals surface area contributed by atoms with E-state index in [4.69, 9.17) is 10.2 Å². The molecular formula is C34H27BN2O3. The molecule has 0 fully saturated rings. The first kappa shape index (κ1) is 25.4. The summed E-state index contributed by atoms with van der Waals surface area (Å²) in [7, 11) is -1.49. The van der Waals surface area contributed by atoms with E-state index in [0.717, 1.165) is 60.9 Å². The second kappa shape index (κ2) is 11.1. The Morgan fingerprint density at radius 3 is 2.12 bits per heavy atom. The molecule has 0 spiro atoms. The summed E-state index contributed by atoms with van der Waals surface area (Å²) in [6.45, 7) is 0. The summed E-state index contributed by atoms with van der Waals surface area (Å²) in [4.78, 5) is 4.22. The molecule has 0 atom stereocenters. The Morgan fingerprint density at radius 2 is 1.45 bits per heavy atom. The van der Waals surface area contributed by atoms with E-state index in [1.54, 1.807) is 18.3 Å². The summed E-state index contributed by atoms with van der Waals surface area (Å²) < 4.78 is 6.17. The first-order valence-electron chi connectivity index (χ1n) is 13.1. The van der Waals surface area contributed by atoms with Crippen LogP contribution in [-0.2, 0) is 6.42 Å². The van der Waals surface area contributed by atoms with E-state index in [1.807, 2.05) is 48.7 Å². The standard InChI is InChI=1S/C34H27BN2O3/c36-17-1-3-27(25-10-13-30(14-11-25)35(38)39)19-23-5-15-33-31(20-23)32-21-28(12-16-34(32)40-33)24-6-8-26(9-7-24)29-4-2-18-37-22-29/h1-18,20-22,38-39H,19,36H2/b17-1-,27-3+. The predicted octanol–water partition coefficient (Wildman–Crippen LogP) is 6.09. The number of aromatic nitrogens is 1. The molecule has 2 heterocycles. The minimum atomic E-state index is -1.49. The third kappa shape index (κ3) is 5.18. The van der Waals surface area contributed by atoms with Gasteiger partial charge in [-0.2, -0.15) is 0 Å². The van der Waals surface area contributed by atoms with E-state index in [-0.39, 0.29) is 0 Å². The van der Waals surface area contributed by atoms with Crippen LogP contribution in [0.5, 0.6) is 0 Å². The Hall–Kier alpha value is -4.91. The molecule has 6 heteroatoms. The van der Waals surface area contributed by atoms with Crippen LogP contribution in [0.25, 0.3) is 49.8 Å². The number of hydrogen-bond acceptors (Lipinski definition) is 5. The van der Waals surface area contributed by atoms with Crippen molar-refractivity contribution in [2.75, 3.05) is 0 Å². The molecule has 0 radical (unpaired) electrons. The van der Waals surface area contributed by atoms with E-state index >= 15 is 0 Å². The lowest BCUT2D eigenvalue weighted by atomic mass is 9.79. The maximum absolute atomic E-state index is 9.45. The number of rotatable bonds is 7. The highest BCUT2D eigenvalue weighted by Gasteiger charge is 2.13. The van der Waals surface area contributed by atoms with Gasteiger partial charge in [0.2, 0.25) is 0 Å². The zero-order valence-corrected chi connectivity index (χ0v) is 21.7. The second-order valence-electron chi connectivity index (χ2n) is 9.71. The quantitative estimate of drug-likeness (QED) is 0.174. The SMILES string of the molecule is N/C=C\C=C(/Cc1ccc2oc3ccc(-c4ccc(-c5cccnc5)cc4)cc3c2c1)c1ccc(B(O)O)cc1. The van der Waals surface area contributed by atoms with Crippen LogP contribution in [0.2, 0.25) is 0 Å². The Morgan fingerprint density at radius 1 is 0.775 bits per heavy atom. The van der Waals surface area contributed by atoms with Crippen molar-refractivity contribution in [3.63, 3.8) is 0 Å². The van der Waals surface area contributed by atoms with Gasteiger partial charge in [-0.1, -0.05) is 72.8 Å². The maximum Gasteiger partial charge on any atom is 0.488 e. The molecule has 0 aliphatic heterocycles. The molecule has 0 bridgehead atoms. The molecule has 0 amide bonds. The third-order valence-corrected chi connectivity index (χ3v) is 7.13. The fourth-order valence-corrected chi connectivity index (χ4v) is 5.02. The molecule has 6 rings (SSSR count). The van der Waals surface area contributed by atoms with Gasteiger partial charge in [-0.25, -0.2) is 0 Å². The summed E-state index contributed by atoms with van der Waals surface area (Å²) in [5.41, 5.74) is 15.4. The Kier molecular flexibility index (Phi) is 7.02. The number of furan rings is 1. The van der Waals surface area contributed by atoms with E-state index in [9.17, 15) is 10.0 Å². The third-order valence-electron chi connectivity index (χ3n) is 7.13. The van der Waals surface area contributed by atoms with E-state index in [1.165, 1.54) is 6.20 Å². The molecule has 40 heavy (non-hydrogen) atoms. The van der Waals surface area contributed by atoms with Gasteiger partial charge in [-0.05, 0) is 93.4 Å². The summed E-state index contributed by atoms with van der Waals surface area (Å²) in [5.74, 6) is 0. The van der Waals surface area contributed by atoms with Crippen LogP contribution in [0.15, 0.2) is 132 Å². The fraction of sp³-hybridized carbons (Fsp3) is 0.0294. The Bertz CT molecular complexity index is 1840. The first-order valence-corrected chi connectivity index (χ1v) is 13.1. The van der Waals surface area contributed by atoms with Gasteiger partial charge in [0, 0.05) is 23.2 Å². The smallest absolute Gasteiger partial charge is 0.456 e. The summed E-state index contributed by atoms with van der Waals surface area (Å²) in [6, 6.07) is 32.4. The number of nitrogens with two attached hydrogens (primary N) is 1. The van der Waals surface area contributed by atoms with Crippen molar-refractivity contribution in [2.24, 2.45) is 5.73 Å². The van der Waals surface area contributed by atoms with Crippen molar-refractivity contribution in [2.45, 2.75) is 6.42 Å². The zero-order chi connectivity index (χ0) is 27.5. The van der Waals surface area contributed by atoms with Gasteiger partial charge >= 0.3 is 7.12 Å². The molecular weight excluding hydrogens is 495 g/mol. The zero-order valence-electron chi connectivity index (χ0n) is 21.7. The van der Waals surface area contributed by atoms with E-state index in [0.29, 0.717) is 11.9 Å². The highest BCUT2D eigenvalue weighted by Crippen LogP contribution is 2.34. The summed E-state index contributed by atoms with van der Waals surface area (Å²) >= 11 is 0. The molecule has 0 unspecified atom stereocenters. The highest BCUT2D eigenvalue weighted by molar-refractivity contribution is 6.58. The Labute approximate surface area is 232 Å². The monoisotopic (exact) mass is 522 g/mol. The van der Waals surface area contributed by atoms with Crippen molar-refractivity contribution in [1.82, 2.24) is 4.98 Å². The molecule has 4 N–H and O–H groups in total. The average Bonchev–Trinajstić information content (AvgIpc) is 3.37. The lowest BCUT2D eigenvalue weighted by Crippen LogP contribution is -2.29. The van der Waals surface area contributed by atoms with Gasteiger partial charge in [0.25, 0.3) is 0 Å². The maximum atomic E-state index is 9.45. The van der Waals surface area contributed by atoms with Crippen molar-refractivity contribution in [3.05, 3.63) is 139 Å². The molecule has 0 aliphatic carbocycles. The lowest BCUT2D eigenvalue weighted by Gasteiger charge is -2.09. The number of nitrogens with zero attached hydrogens (tertiary/aromatic N) is 1. The van der Waals surface area contributed by atoms with Gasteiger partial charge < -0.3 is 20.2 Å². The number of pyridine rings is 1. The molecule has 0 aliphatic rings. The molecule has 6 aromatic rings. The van der Waals surface area contributed by atoms with Gasteiger partial charge in [0.05, 0.1) is 0 Å². The van der Waals surface area contributed by atoms with Crippen LogP contribution in [0.3, 0.4) is 0 Å². The number of benzene rings is 4. The molecule has 2 aromatic heterocycles. The van der Waals surface area contributed by atoms with Crippen LogP contribution in [-0.4, -0.2) is 22.2 Å². The number of fused-ring (bicyclic) bond motifs is 3. The second-order valence-corrected chi connectivity index (χ2v) is 9.71. The largest absolute Gasteiger partial charge is 0.488 e. The fourth-order valence-electron chi connectivity index (χ4n) is 5.02. The van der Waals surface area contributed by atoms with Gasteiger partial charge in [0.1, 0.15) is 11.2 Å². The molecule has 0 saturated carbocycles. The minimum absolute atomic E-state index is 0.450. The van der Waals surface area contributed by atoms with Crippen LogP contribution in [0.4, 0.5) is 0 Å². The summed E-state index contributed by atoms with van der Waals surface area (Å²) in [6.07, 6.45) is 9.62. The van der Waals surface area contributed by atoms with Crippen molar-refractivity contribution in [3.8, 4) is 22.3 Å². The molecule has 0 saturated heterocycles. The van der Waals surface area contributed by atoms with Crippen molar-refractivity contribution >= 4 is 40.1 Å². The van der Waals surface area contributed by atoms with Gasteiger partial charge in [0.15, 0.2) is 0 Å². The van der Waals surface area contributed by atoms with E-state index < -0.39 is 7.12 Å². The minimum Gasteiger partial charge on any atom is -0.456 e. The van der Waals surface area contributed by atoms with Crippen LogP contribution in [0.1, 0.15) is 11.1 Å². The normalized spacial score (nSPS) is 12.0. The van der Waals surface area contributed by atoms with Gasteiger partial charge in [-0.15, -0.1) is 0 Å². The predicted molar refractivity (Wildman–Crippen MR) is 164 cm³/mol. The number of hydrogen-bond donors (Lipinski definition) is 3.